The topological polar surface area (TPSA) is 17.3 Å². The highest BCUT2D eigenvalue weighted by Gasteiger charge is 2.09. The molecule has 0 saturated carbocycles. The molecule has 3 heteroatoms. The lowest BCUT2D eigenvalue weighted by Gasteiger charge is -2.02. The average Bonchev–Trinajstić information content (AvgIpc) is 2.66. The van der Waals surface area contributed by atoms with Crippen LogP contribution in [-0.2, 0) is 0 Å². The first-order valence-corrected chi connectivity index (χ1v) is 5.40. The van der Waals surface area contributed by atoms with Gasteiger partial charge in [-0.25, -0.2) is 0 Å². The standard InChI is InChI=1S/C13H9ClN2/c14-12-8-11-5-1-2-7-16(11)13(12)10-4-3-6-15-9-10/h1-9H. The number of hydrogen-bond donors (Lipinski definition) is 0. The van der Waals surface area contributed by atoms with Gasteiger partial charge < -0.3 is 4.40 Å². The largest absolute Gasteiger partial charge is 0.315 e. The molecule has 0 unspecified atom stereocenters. The Morgan fingerprint density at radius 1 is 1.12 bits per heavy atom. The fourth-order valence-corrected chi connectivity index (χ4v) is 2.18. The van der Waals surface area contributed by atoms with Crippen LogP contribution < -0.4 is 0 Å². The summed E-state index contributed by atoms with van der Waals surface area (Å²) in [6, 6.07) is 11.9. The van der Waals surface area contributed by atoms with Gasteiger partial charge in [-0.2, -0.15) is 0 Å². The molecule has 0 aliphatic heterocycles. The molecule has 0 saturated heterocycles. The highest BCUT2D eigenvalue weighted by atomic mass is 35.5. The van der Waals surface area contributed by atoms with Crippen LogP contribution in [0.3, 0.4) is 0 Å². The molecule has 0 spiro atoms. The highest BCUT2D eigenvalue weighted by molar-refractivity contribution is 6.33. The van der Waals surface area contributed by atoms with Gasteiger partial charge in [0.25, 0.3) is 0 Å². The second-order valence-electron chi connectivity index (χ2n) is 3.58. The average molecular weight is 229 g/mol. The molecule has 0 aromatic carbocycles. The quantitative estimate of drug-likeness (QED) is 0.621. The van der Waals surface area contributed by atoms with Gasteiger partial charge >= 0.3 is 0 Å². The maximum absolute atomic E-state index is 6.25. The van der Waals surface area contributed by atoms with Gasteiger partial charge in [0.2, 0.25) is 0 Å². The van der Waals surface area contributed by atoms with Crippen molar-refractivity contribution in [1.82, 2.24) is 9.38 Å². The predicted octanol–water partition coefficient (Wildman–Crippen LogP) is 3.65. The SMILES string of the molecule is Clc1cc2ccccn2c1-c1cccnc1. The summed E-state index contributed by atoms with van der Waals surface area (Å²) >= 11 is 6.25. The summed E-state index contributed by atoms with van der Waals surface area (Å²) in [5.41, 5.74) is 3.11. The zero-order chi connectivity index (χ0) is 11.0. The van der Waals surface area contributed by atoms with Gasteiger partial charge in [0.15, 0.2) is 0 Å². The first-order valence-electron chi connectivity index (χ1n) is 5.02. The summed E-state index contributed by atoms with van der Waals surface area (Å²) in [4.78, 5) is 4.12. The third-order valence-corrected chi connectivity index (χ3v) is 2.86. The molecule has 3 rings (SSSR count). The van der Waals surface area contributed by atoms with E-state index in [-0.39, 0.29) is 0 Å². The van der Waals surface area contributed by atoms with Crippen molar-refractivity contribution in [3.63, 3.8) is 0 Å². The van der Waals surface area contributed by atoms with E-state index >= 15 is 0 Å². The van der Waals surface area contributed by atoms with Gasteiger partial charge in [0.1, 0.15) is 0 Å². The van der Waals surface area contributed by atoms with Crippen LogP contribution in [0.4, 0.5) is 0 Å². The fraction of sp³-hybridized carbons (Fsp3) is 0. The van der Waals surface area contributed by atoms with Crippen LogP contribution >= 0.6 is 11.6 Å². The number of rotatable bonds is 1. The van der Waals surface area contributed by atoms with Crippen molar-refractivity contribution in [2.24, 2.45) is 0 Å². The smallest absolute Gasteiger partial charge is 0.0731 e. The molecule has 2 nitrogen and oxygen atoms in total. The van der Waals surface area contributed by atoms with Gasteiger partial charge in [0.05, 0.1) is 10.7 Å². The van der Waals surface area contributed by atoms with Crippen LogP contribution in [0.2, 0.25) is 5.02 Å². The highest BCUT2D eigenvalue weighted by Crippen LogP contribution is 2.30. The molecular weight excluding hydrogens is 220 g/mol. The molecule has 16 heavy (non-hydrogen) atoms. The molecule has 0 aliphatic rings. The molecule has 3 heterocycles. The molecule has 78 valence electrons. The zero-order valence-electron chi connectivity index (χ0n) is 8.47. The minimum absolute atomic E-state index is 0.749. The molecule has 0 aliphatic carbocycles. The molecular formula is C13H9ClN2. The molecule has 0 N–H and O–H groups in total. The Kier molecular flexibility index (Phi) is 2.15. The van der Waals surface area contributed by atoms with E-state index in [1.165, 1.54) is 0 Å². The van der Waals surface area contributed by atoms with E-state index in [2.05, 4.69) is 9.38 Å². The van der Waals surface area contributed by atoms with Crippen molar-refractivity contribution in [1.29, 1.82) is 0 Å². The molecule has 0 amide bonds. The lowest BCUT2D eigenvalue weighted by molar-refractivity contribution is 1.19. The van der Waals surface area contributed by atoms with Crippen molar-refractivity contribution >= 4 is 17.1 Å². The number of halogens is 1. The van der Waals surface area contributed by atoms with E-state index in [0.717, 1.165) is 21.8 Å². The van der Waals surface area contributed by atoms with Crippen LogP contribution in [0.25, 0.3) is 16.8 Å². The molecule has 0 bridgehead atoms. The Morgan fingerprint density at radius 2 is 2.06 bits per heavy atom. The van der Waals surface area contributed by atoms with Gasteiger partial charge in [0, 0.05) is 29.7 Å². The number of aromatic nitrogens is 2. The van der Waals surface area contributed by atoms with Crippen molar-refractivity contribution in [2.45, 2.75) is 0 Å². The first kappa shape index (κ1) is 9.43. The van der Waals surface area contributed by atoms with Crippen molar-refractivity contribution in [3.8, 4) is 11.3 Å². The summed E-state index contributed by atoms with van der Waals surface area (Å²) in [6.07, 6.45) is 5.58. The van der Waals surface area contributed by atoms with Crippen molar-refractivity contribution < 1.29 is 0 Å². The van der Waals surface area contributed by atoms with E-state index in [1.54, 1.807) is 6.20 Å². The second-order valence-corrected chi connectivity index (χ2v) is 3.99. The van der Waals surface area contributed by atoms with Gasteiger partial charge in [-0.15, -0.1) is 0 Å². The Balaban J connectivity index is 2.35. The van der Waals surface area contributed by atoms with E-state index in [9.17, 15) is 0 Å². The van der Waals surface area contributed by atoms with Gasteiger partial charge in [-0.05, 0) is 30.3 Å². The predicted molar refractivity (Wildman–Crippen MR) is 65.6 cm³/mol. The summed E-state index contributed by atoms with van der Waals surface area (Å²) in [7, 11) is 0. The summed E-state index contributed by atoms with van der Waals surface area (Å²) in [6.45, 7) is 0. The number of hydrogen-bond acceptors (Lipinski definition) is 1. The fourth-order valence-electron chi connectivity index (χ4n) is 1.87. The van der Waals surface area contributed by atoms with Crippen LogP contribution in [0.1, 0.15) is 0 Å². The molecule has 0 atom stereocenters. The lowest BCUT2D eigenvalue weighted by Crippen LogP contribution is -1.87. The monoisotopic (exact) mass is 228 g/mol. The van der Waals surface area contributed by atoms with Crippen LogP contribution in [0.5, 0.6) is 0 Å². The third-order valence-electron chi connectivity index (χ3n) is 2.57. The Hall–Kier alpha value is -1.80. The summed E-state index contributed by atoms with van der Waals surface area (Å²) in [5.74, 6) is 0. The number of fused-ring (bicyclic) bond motifs is 1. The minimum atomic E-state index is 0.749. The maximum Gasteiger partial charge on any atom is 0.0731 e. The maximum atomic E-state index is 6.25. The number of pyridine rings is 2. The Bertz CT molecular complexity index is 629. The Morgan fingerprint density at radius 3 is 2.88 bits per heavy atom. The molecule has 0 fully saturated rings. The molecule has 3 aromatic heterocycles. The van der Waals surface area contributed by atoms with E-state index < -0.39 is 0 Å². The first-order chi connectivity index (χ1) is 7.86. The van der Waals surface area contributed by atoms with Crippen LogP contribution in [0, 0.1) is 0 Å². The molecule has 3 aromatic rings. The normalized spacial score (nSPS) is 10.8. The second kappa shape index (κ2) is 3.65. The van der Waals surface area contributed by atoms with Gasteiger partial charge in [-0.3, -0.25) is 4.98 Å². The minimum Gasteiger partial charge on any atom is -0.315 e. The van der Waals surface area contributed by atoms with Crippen molar-refractivity contribution in [2.75, 3.05) is 0 Å². The third kappa shape index (κ3) is 1.39. The summed E-state index contributed by atoms with van der Waals surface area (Å²) < 4.78 is 2.07. The Labute approximate surface area is 98.1 Å². The van der Waals surface area contributed by atoms with E-state index in [1.807, 2.05) is 48.8 Å². The lowest BCUT2D eigenvalue weighted by atomic mass is 10.2. The van der Waals surface area contributed by atoms with Crippen molar-refractivity contribution in [3.05, 3.63) is 60.0 Å². The van der Waals surface area contributed by atoms with Gasteiger partial charge in [-0.1, -0.05) is 17.7 Å². The van der Waals surface area contributed by atoms with Crippen LogP contribution in [-0.4, -0.2) is 9.38 Å². The number of nitrogens with zero attached hydrogens (tertiary/aromatic N) is 2. The van der Waals surface area contributed by atoms with E-state index in [4.69, 9.17) is 11.6 Å². The zero-order valence-corrected chi connectivity index (χ0v) is 9.22. The summed E-state index contributed by atoms with van der Waals surface area (Å²) in [5, 5.41) is 0.749. The molecule has 0 radical (unpaired) electrons. The van der Waals surface area contributed by atoms with Crippen LogP contribution in [0.15, 0.2) is 55.0 Å². The van der Waals surface area contributed by atoms with E-state index in [0.29, 0.717) is 0 Å².